The first-order valence-electron chi connectivity index (χ1n) is 30.4. The number of nitrogens with one attached hydrogen (secondary N) is 1. The number of phosphoric acid groups is 1. The maximum Gasteiger partial charge on any atom is 0.524 e. The number of hydrogen-bond acceptors (Lipinski definition) is 12. The molecule has 15 nitrogen and oxygen atoms in total. The molecule has 10 atom stereocenters. The zero-order valence-electron chi connectivity index (χ0n) is 48.7. The summed E-state index contributed by atoms with van der Waals surface area (Å²) in [5.74, 6) is -0.978. The van der Waals surface area contributed by atoms with E-state index in [4.69, 9.17) is 23.5 Å². The number of esters is 1. The topological polar surface area (TPSA) is 207 Å². The molecule has 0 spiro atoms. The van der Waals surface area contributed by atoms with Crippen LogP contribution in [0.5, 0.6) is 5.75 Å². The molecule has 0 bridgehead atoms. The molecule has 1 saturated heterocycles. The van der Waals surface area contributed by atoms with Crippen molar-refractivity contribution in [2.45, 2.75) is 174 Å². The molecule has 1 aliphatic heterocycles. The van der Waals surface area contributed by atoms with Crippen LogP contribution >= 0.6 is 7.82 Å². The van der Waals surface area contributed by atoms with Gasteiger partial charge in [-0.2, -0.15) is 0 Å². The number of hydrogen-bond donors (Lipinski definition) is 5. The predicted molar refractivity (Wildman–Crippen MR) is 309 cm³/mol. The summed E-state index contributed by atoms with van der Waals surface area (Å²) in [6, 6.07) is 22.6. The SMILES string of the molecule is CC[N+](CC)(Cc1cccc(C(=O)OCC(=O)[C@@]23O[C@H](C4CCCCC4)O[C@@H]2C[C@H]2[C@@H]4CCC5=CC(=O)C=C[C@]5(C)[C@H]4[C@@H](O)C[C@@]23C)c1)Cc1cc(C(O)CNCCCCCCOCCCCc2ccccc2)ccc1OP(=O)(O)O.[Cl-]. The van der Waals surface area contributed by atoms with E-state index in [1.54, 1.807) is 42.5 Å². The van der Waals surface area contributed by atoms with Gasteiger partial charge in [-0.15, -0.1) is 0 Å². The molecule has 3 aromatic rings. The molecule has 4 saturated carbocycles. The van der Waals surface area contributed by atoms with Crippen LogP contribution in [0, 0.1) is 34.5 Å². The highest BCUT2D eigenvalue weighted by Gasteiger charge is 2.76. The molecule has 0 amide bonds. The predicted octanol–water partition coefficient (Wildman–Crippen LogP) is 7.62. The molecule has 450 valence electrons. The zero-order chi connectivity index (χ0) is 57.4. The van der Waals surface area contributed by atoms with Gasteiger partial charge >= 0.3 is 13.8 Å². The number of Topliss-reactive ketones (excluding diaryl/α,β-unsaturated/α-hetero) is 1. The molecule has 3 aromatic carbocycles. The largest absolute Gasteiger partial charge is 1.00 e. The van der Waals surface area contributed by atoms with Crippen LogP contribution in [0.1, 0.15) is 163 Å². The number of aryl methyl sites for hydroxylation is 1. The third-order valence-electron chi connectivity index (χ3n) is 19.8. The minimum atomic E-state index is -4.94. The number of aliphatic hydroxyl groups is 2. The van der Waals surface area contributed by atoms with Crippen molar-refractivity contribution in [2.75, 3.05) is 46.0 Å². The number of halogens is 1. The summed E-state index contributed by atoms with van der Waals surface area (Å²) in [5.41, 5.74) is 1.88. The number of benzene rings is 3. The molecule has 82 heavy (non-hydrogen) atoms. The van der Waals surface area contributed by atoms with Gasteiger partial charge in [0.2, 0.25) is 5.78 Å². The Balaban J connectivity index is 0.00000880. The summed E-state index contributed by atoms with van der Waals surface area (Å²) in [6.45, 7) is 12.3. The van der Waals surface area contributed by atoms with Crippen LogP contribution in [-0.4, -0.2) is 112 Å². The van der Waals surface area contributed by atoms with E-state index >= 15 is 4.79 Å². The van der Waals surface area contributed by atoms with E-state index in [0.717, 1.165) is 121 Å². The summed E-state index contributed by atoms with van der Waals surface area (Å²) in [6.07, 6.45) is 17.4. The molecule has 5 fully saturated rings. The van der Waals surface area contributed by atoms with E-state index in [1.165, 1.54) is 11.6 Å². The minimum Gasteiger partial charge on any atom is -1.00 e. The normalized spacial score (nSPS) is 28.2. The fraction of sp³-hybridized carbons (Fsp3) is 0.615. The summed E-state index contributed by atoms with van der Waals surface area (Å²) >= 11 is 0. The third-order valence-corrected chi connectivity index (χ3v) is 20.3. The van der Waals surface area contributed by atoms with Gasteiger partial charge in [-0.1, -0.05) is 106 Å². The van der Waals surface area contributed by atoms with Crippen LogP contribution < -0.4 is 22.2 Å². The number of ketones is 2. The van der Waals surface area contributed by atoms with Gasteiger partial charge in [-0.05, 0) is 150 Å². The Hall–Kier alpha value is -4.09. The molecular weight excluding hydrogens is 1080 g/mol. The Kier molecular flexibility index (Phi) is 21.8. The minimum absolute atomic E-state index is 0. The Morgan fingerprint density at radius 2 is 1.61 bits per heavy atom. The third kappa shape index (κ3) is 14.2. The van der Waals surface area contributed by atoms with Gasteiger partial charge in [0.05, 0.1) is 37.0 Å². The highest BCUT2D eigenvalue weighted by Crippen LogP contribution is 2.70. The number of quaternary nitrogens is 1. The second-order valence-electron chi connectivity index (χ2n) is 24.8. The zero-order valence-corrected chi connectivity index (χ0v) is 50.3. The number of allylic oxidation sites excluding steroid dienone is 4. The van der Waals surface area contributed by atoms with Gasteiger partial charge in [0.15, 0.2) is 24.3 Å². The average molecular weight is 1170 g/mol. The molecule has 5 N–H and O–H groups in total. The molecule has 6 aliphatic rings. The average Bonchev–Trinajstić information content (AvgIpc) is 4.15. The Bertz CT molecular complexity index is 2760. The smallest absolute Gasteiger partial charge is 0.524 e. The van der Waals surface area contributed by atoms with E-state index < -0.39 is 61.4 Å². The number of carbonyl (C=O) groups excluding carboxylic acids is 3. The molecule has 1 unspecified atom stereocenters. The van der Waals surface area contributed by atoms with E-state index in [1.807, 2.05) is 32.1 Å². The maximum atomic E-state index is 15.2. The van der Waals surface area contributed by atoms with Crippen LogP contribution in [0.2, 0.25) is 0 Å². The van der Waals surface area contributed by atoms with Crippen molar-refractivity contribution < 1.29 is 79.3 Å². The number of aliphatic hydroxyl groups excluding tert-OH is 2. The highest BCUT2D eigenvalue weighted by atomic mass is 35.5. The van der Waals surface area contributed by atoms with Crippen molar-refractivity contribution in [1.29, 1.82) is 0 Å². The molecule has 5 aliphatic carbocycles. The van der Waals surface area contributed by atoms with E-state index in [9.17, 15) is 34.2 Å². The monoisotopic (exact) mass is 1170 g/mol. The number of nitrogens with zero attached hydrogens (tertiary/aromatic N) is 1. The lowest BCUT2D eigenvalue weighted by molar-refractivity contribution is -0.950. The molecule has 0 aromatic heterocycles. The first-order chi connectivity index (χ1) is 38.9. The van der Waals surface area contributed by atoms with Crippen molar-refractivity contribution in [1.82, 2.24) is 5.32 Å². The summed E-state index contributed by atoms with van der Waals surface area (Å²) in [5, 5.41) is 27.0. The molecular formula is C65H90ClN2O13P. The van der Waals surface area contributed by atoms with Crippen molar-refractivity contribution in [3.05, 3.63) is 124 Å². The lowest BCUT2D eigenvalue weighted by Gasteiger charge is -2.59. The van der Waals surface area contributed by atoms with Gasteiger partial charge in [-0.3, -0.25) is 19.4 Å². The Morgan fingerprint density at radius 1 is 0.878 bits per heavy atom. The number of unbranched alkanes of at least 4 members (excludes halogenated alkanes) is 4. The molecule has 9 rings (SSSR count). The van der Waals surface area contributed by atoms with Gasteiger partial charge in [-0.25, -0.2) is 9.36 Å². The summed E-state index contributed by atoms with van der Waals surface area (Å²) in [4.78, 5) is 61.8. The fourth-order valence-electron chi connectivity index (χ4n) is 15.4. The van der Waals surface area contributed by atoms with Crippen molar-refractivity contribution >= 4 is 25.4 Å². The lowest BCUT2D eigenvalue weighted by Crippen LogP contribution is -3.00. The van der Waals surface area contributed by atoms with E-state index in [2.05, 4.69) is 43.4 Å². The lowest BCUT2D eigenvalue weighted by atomic mass is 9.46. The van der Waals surface area contributed by atoms with Gasteiger partial charge < -0.3 is 55.9 Å². The van der Waals surface area contributed by atoms with Gasteiger partial charge in [0.1, 0.15) is 18.8 Å². The van der Waals surface area contributed by atoms with Crippen molar-refractivity contribution in [3.63, 3.8) is 0 Å². The van der Waals surface area contributed by atoms with E-state index in [-0.39, 0.29) is 59.0 Å². The first-order valence-corrected chi connectivity index (χ1v) is 31.9. The molecule has 1 heterocycles. The Morgan fingerprint density at radius 3 is 2.35 bits per heavy atom. The van der Waals surface area contributed by atoms with E-state index in [0.29, 0.717) is 61.2 Å². The van der Waals surface area contributed by atoms with Crippen LogP contribution in [-0.2, 0) is 52.6 Å². The standard InChI is InChI=1S/C65H89N2O13P.ClH/c1-5-67(6-2,43-50-37-48(27-30-57(50)80-81(73,74)75)56(70)41-66-33-16-7-8-17-34-76-35-18-15-22-45-20-11-9-12-21-45)42-46-23-19-26-49(36-46)61(72)77-44-58(71)65-59(78-62(79-65)47-24-13-10-14-25-47)39-54-53-29-28-51-38-52(68)31-32-63(51,3)60(53)55(69)40-64(54,65)4;/h9,11-12,19-21,23,26-27,30-32,36-38,47,53-56,59-60,62,66,69-70H,5-8,10,13-18,22,24-25,28-29,33-35,39-44H2,1-4H3,(H-,73,74,75);1H/t53-,54-,55-,56?,59+,60+,62+,63-,64-,65+;/m0./s1. The number of rotatable bonds is 28. The van der Waals surface area contributed by atoms with Crippen LogP contribution in [0.25, 0.3) is 0 Å². The second-order valence-corrected chi connectivity index (χ2v) is 26.0. The fourth-order valence-corrected chi connectivity index (χ4v) is 15.8. The van der Waals surface area contributed by atoms with Crippen LogP contribution in [0.3, 0.4) is 0 Å². The van der Waals surface area contributed by atoms with Crippen LogP contribution in [0.15, 0.2) is 96.6 Å². The van der Waals surface area contributed by atoms with Crippen LogP contribution in [0.4, 0.5) is 0 Å². The molecule has 17 heteroatoms. The summed E-state index contributed by atoms with van der Waals surface area (Å²) < 4.78 is 43.8. The van der Waals surface area contributed by atoms with Crippen molar-refractivity contribution in [2.24, 2.45) is 34.5 Å². The number of carbonyl (C=O) groups is 3. The number of phosphoric ester groups is 1. The van der Waals surface area contributed by atoms with Gasteiger partial charge in [0, 0.05) is 53.6 Å². The van der Waals surface area contributed by atoms with Gasteiger partial charge in [0.25, 0.3) is 0 Å². The number of fused-ring (bicyclic) bond motifs is 7. The molecule has 0 radical (unpaired) electrons. The number of ether oxygens (including phenoxy) is 4. The quantitative estimate of drug-likeness (QED) is 0.0205. The highest BCUT2D eigenvalue weighted by molar-refractivity contribution is 7.46. The Labute approximate surface area is 492 Å². The second kappa shape index (κ2) is 28.0. The first kappa shape index (κ1) is 63.9. The van der Waals surface area contributed by atoms with Crippen molar-refractivity contribution in [3.8, 4) is 5.75 Å². The maximum absolute atomic E-state index is 15.2. The summed E-state index contributed by atoms with van der Waals surface area (Å²) in [7, 11) is -4.94.